The number of likely N-dealkylation sites (tertiary alicyclic amines) is 1. The van der Waals surface area contributed by atoms with E-state index in [4.69, 9.17) is 4.74 Å². The molecule has 0 bridgehead atoms. The molecule has 3 rings (SSSR count). The van der Waals surface area contributed by atoms with Crippen molar-refractivity contribution in [1.29, 1.82) is 0 Å². The van der Waals surface area contributed by atoms with E-state index in [2.05, 4.69) is 15.2 Å². The quantitative estimate of drug-likeness (QED) is 0.587. The minimum atomic E-state index is -3.34. The van der Waals surface area contributed by atoms with Crippen LogP contribution in [0, 0.1) is 5.92 Å². The van der Waals surface area contributed by atoms with E-state index in [1.54, 1.807) is 14.2 Å². The summed E-state index contributed by atoms with van der Waals surface area (Å²) in [7, 11) is 0.110. The maximum absolute atomic E-state index is 12.7. The predicted octanol–water partition coefficient (Wildman–Crippen LogP) is 0.923. The first-order valence-electron chi connectivity index (χ1n) is 9.08. The third kappa shape index (κ3) is 4.12. The summed E-state index contributed by atoms with van der Waals surface area (Å²) >= 11 is 0. The number of methoxy groups -OCH3 is 1. The number of guanidine groups is 1. The Bertz CT molecular complexity index is 751. The normalized spacial score (nSPS) is 20.5. The SMILES string of the molecule is CN=C(NCCS(=O)(=O)N1CCc2ccccc21)N1CCC(COC)C1. The van der Waals surface area contributed by atoms with Gasteiger partial charge in [-0.1, -0.05) is 18.2 Å². The number of sulfonamides is 1. The molecule has 0 aromatic heterocycles. The van der Waals surface area contributed by atoms with Crippen LogP contribution in [0.5, 0.6) is 0 Å². The minimum absolute atomic E-state index is 0.0513. The Labute approximate surface area is 156 Å². The van der Waals surface area contributed by atoms with E-state index in [0.717, 1.165) is 49.7 Å². The van der Waals surface area contributed by atoms with Crippen molar-refractivity contribution in [2.45, 2.75) is 12.8 Å². The Morgan fingerprint density at radius 1 is 1.35 bits per heavy atom. The molecule has 2 aliphatic rings. The lowest BCUT2D eigenvalue weighted by Crippen LogP contribution is -2.43. The Balaban J connectivity index is 1.54. The summed E-state index contributed by atoms with van der Waals surface area (Å²) in [5.41, 5.74) is 1.92. The number of benzene rings is 1. The molecule has 26 heavy (non-hydrogen) atoms. The summed E-state index contributed by atoms with van der Waals surface area (Å²) in [6.07, 6.45) is 1.84. The van der Waals surface area contributed by atoms with E-state index >= 15 is 0 Å². The molecule has 0 amide bonds. The maximum atomic E-state index is 12.7. The van der Waals surface area contributed by atoms with Crippen LogP contribution in [0.2, 0.25) is 0 Å². The Morgan fingerprint density at radius 3 is 2.92 bits per heavy atom. The van der Waals surface area contributed by atoms with Crippen LogP contribution in [0.1, 0.15) is 12.0 Å². The highest BCUT2D eigenvalue weighted by atomic mass is 32.2. The Morgan fingerprint density at radius 2 is 2.15 bits per heavy atom. The fourth-order valence-electron chi connectivity index (χ4n) is 3.73. The third-order valence-electron chi connectivity index (χ3n) is 5.02. The van der Waals surface area contributed by atoms with E-state index in [0.29, 0.717) is 19.0 Å². The fraction of sp³-hybridized carbons (Fsp3) is 0.611. The molecule has 1 aromatic rings. The maximum Gasteiger partial charge on any atom is 0.236 e. The summed E-state index contributed by atoms with van der Waals surface area (Å²) in [5.74, 6) is 1.32. The molecule has 1 unspecified atom stereocenters. The van der Waals surface area contributed by atoms with Crippen molar-refractivity contribution in [3.63, 3.8) is 0 Å². The van der Waals surface area contributed by atoms with Gasteiger partial charge in [0.2, 0.25) is 10.0 Å². The van der Waals surface area contributed by atoms with Gasteiger partial charge < -0.3 is 15.0 Å². The van der Waals surface area contributed by atoms with Gasteiger partial charge in [0.1, 0.15) is 0 Å². The fourth-order valence-corrected chi connectivity index (χ4v) is 5.16. The van der Waals surface area contributed by atoms with Gasteiger partial charge in [0, 0.05) is 46.3 Å². The summed E-state index contributed by atoms with van der Waals surface area (Å²) in [4.78, 5) is 6.47. The molecule has 7 nitrogen and oxygen atoms in total. The molecular weight excluding hydrogens is 352 g/mol. The number of anilines is 1. The van der Waals surface area contributed by atoms with Crippen LogP contribution in [0.4, 0.5) is 5.69 Å². The molecule has 1 atom stereocenters. The van der Waals surface area contributed by atoms with Crippen molar-refractivity contribution in [3.05, 3.63) is 29.8 Å². The summed E-state index contributed by atoms with van der Waals surface area (Å²) in [6, 6.07) is 7.71. The Hall–Kier alpha value is -1.80. The number of nitrogens with zero attached hydrogens (tertiary/aromatic N) is 3. The molecule has 1 N–H and O–H groups in total. The second-order valence-electron chi connectivity index (χ2n) is 6.80. The van der Waals surface area contributed by atoms with Crippen LogP contribution in [0.25, 0.3) is 0 Å². The molecule has 144 valence electrons. The van der Waals surface area contributed by atoms with Crippen LogP contribution in [-0.2, 0) is 21.2 Å². The number of ether oxygens (including phenoxy) is 1. The van der Waals surface area contributed by atoms with Crippen molar-refractivity contribution >= 4 is 21.7 Å². The topological polar surface area (TPSA) is 74.2 Å². The first-order chi connectivity index (χ1) is 12.5. The van der Waals surface area contributed by atoms with Gasteiger partial charge in [-0.2, -0.15) is 0 Å². The number of rotatable bonds is 6. The van der Waals surface area contributed by atoms with E-state index in [-0.39, 0.29) is 5.75 Å². The van der Waals surface area contributed by atoms with Crippen molar-refractivity contribution in [1.82, 2.24) is 10.2 Å². The van der Waals surface area contributed by atoms with Crippen molar-refractivity contribution in [3.8, 4) is 0 Å². The number of hydrogen-bond acceptors (Lipinski definition) is 4. The first-order valence-corrected chi connectivity index (χ1v) is 10.7. The number of aliphatic imine (C=N–C) groups is 1. The number of fused-ring (bicyclic) bond motifs is 1. The van der Waals surface area contributed by atoms with Gasteiger partial charge in [0.15, 0.2) is 5.96 Å². The molecule has 1 aromatic carbocycles. The molecule has 0 radical (unpaired) electrons. The van der Waals surface area contributed by atoms with Crippen molar-refractivity contribution in [2.24, 2.45) is 10.9 Å². The molecular formula is C18H28N4O3S. The second kappa shape index (κ2) is 8.26. The summed E-state index contributed by atoms with van der Waals surface area (Å²) in [6.45, 7) is 3.43. The number of hydrogen-bond donors (Lipinski definition) is 1. The lowest BCUT2D eigenvalue weighted by molar-refractivity contribution is 0.157. The van der Waals surface area contributed by atoms with Crippen molar-refractivity contribution < 1.29 is 13.2 Å². The predicted molar refractivity (Wildman–Crippen MR) is 104 cm³/mol. The lowest BCUT2D eigenvalue weighted by atomic mass is 10.1. The van der Waals surface area contributed by atoms with Gasteiger partial charge in [-0.25, -0.2) is 8.42 Å². The molecule has 0 aliphatic carbocycles. The highest BCUT2D eigenvalue weighted by Crippen LogP contribution is 2.29. The van der Waals surface area contributed by atoms with Gasteiger partial charge in [-0.05, 0) is 24.5 Å². The van der Waals surface area contributed by atoms with E-state index in [9.17, 15) is 8.42 Å². The average molecular weight is 381 g/mol. The molecule has 1 saturated heterocycles. The third-order valence-corrected chi connectivity index (χ3v) is 6.79. The van der Waals surface area contributed by atoms with Crippen LogP contribution < -0.4 is 9.62 Å². The molecule has 0 spiro atoms. The summed E-state index contributed by atoms with van der Waals surface area (Å²) in [5, 5.41) is 3.21. The zero-order valence-corrected chi connectivity index (χ0v) is 16.3. The highest BCUT2D eigenvalue weighted by molar-refractivity contribution is 7.92. The molecule has 8 heteroatoms. The van der Waals surface area contributed by atoms with Crippen molar-refractivity contribution in [2.75, 3.05) is 57.0 Å². The van der Waals surface area contributed by atoms with E-state index in [1.807, 2.05) is 24.3 Å². The zero-order valence-electron chi connectivity index (χ0n) is 15.5. The molecule has 1 fully saturated rings. The van der Waals surface area contributed by atoms with Crippen LogP contribution in [0.3, 0.4) is 0 Å². The minimum Gasteiger partial charge on any atom is -0.384 e. The van der Waals surface area contributed by atoms with Crippen LogP contribution in [-0.4, -0.2) is 72.0 Å². The monoisotopic (exact) mass is 380 g/mol. The van der Waals surface area contributed by atoms with E-state index < -0.39 is 10.0 Å². The van der Waals surface area contributed by atoms with Gasteiger partial charge in [0.25, 0.3) is 0 Å². The average Bonchev–Trinajstić information content (AvgIpc) is 3.26. The number of nitrogens with one attached hydrogen (secondary N) is 1. The van der Waals surface area contributed by atoms with E-state index in [1.165, 1.54) is 4.31 Å². The smallest absolute Gasteiger partial charge is 0.236 e. The molecule has 0 saturated carbocycles. The molecule has 2 heterocycles. The van der Waals surface area contributed by atoms with Gasteiger partial charge in [0.05, 0.1) is 18.0 Å². The van der Waals surface area contributed by atoms with Gasteiger partial charge in [-0.3, -0.25) is 9.30 Å². The standard InChI is InChI=1S/C18H28N4O3S/c1-19-18(21-10-7-15(13-21)14-25-2)20-9-12-26(23,24)22-11-8-16-5-3-4-6-17(16)22/h3-6,15H,7-14H2,1-2H3,(H,19,20). The Kier molecular flexibility index (Phi) is 6.03. The van der Waals surface area contributed by atoms with Gasteiger partial charge in [-0.15, -0.1) is 0 Å². The lowest BCUT2D eigenvalue weighted by Gasteiger charge is -2.23. The zero-order chi connectivity index (χ0) is 18.6. The summed E-state index contributed by atoms with van der Waals surface area (Å²) < 4.78 is 32.2. The first kappa shape index (κ1) is 19.0. The largest absolute Gasteiger partial charge is 0.384 e. The number of para-hydroxylation sites is 1. The highest BCUT2D eigenvalue weighted by Gasteiger charge is 2.29. The van der Waals surface area contributed by atoms with Gasteiger partial charge >= 0.3 is 0 Å². The van der Waals surface area contributed by atoms with Crippen LogP contribution in [0.15, 0.2) is 29.3 Å². The molecule has 2 aliphatic heterocycles. The van der Waals surface area contributed by atoms with Crippen LogP contribution >= 0.6 is 0 Å². The second-order valence-corrected chi connectivity index (χ2v) is 8.81.